The minimum absolute atomic E-state index is 0.0891. The van der Waals surface area contributed by atoms with Crippen molar-refractivity contribution in [2.24, 2.45) is 5.92 Å². The lowest BCUT2D eigenvalue weighted by Gasteiger charge is -2.21. The third-order valence-corrected chi connectivity index (χ3v) is 4.25. The number of amides is 1. The summed E-state index contributed by atoms with van der Waals surface area (Å²) in [6, 6.07) is 11.6. The van der Waals surface area contributed by atoms with E-state index in [1.54, 1.807) is 17.4 Å². The molecular formula is C20H23NO3S. The Morgan fingerprint density at radius 3 is 2.60 bits per heavy atom. The molecule has 25 heavy (non-hydrogen) atoms. The second kappa shape index (κ2) is 9.79. The van der Waals surface area contributed by atoms with Crippen molar-refractivity contribution in [3.05, 3.63) is 64.4 Å². The predicted octanol–water partition coefficient (Wildman–Crippen LogP) is 4.21. The number of carbonyl (C=O) groups is 2. The Morgan fingerprint density at radius 1 is 1.20 bits per heavy atom. The molecule has 1 amide bonds. The van der Waals surface area contributed by atoms with Crippen LogP contribution in [0.25, 0.3) is 6.08 Å². The summed E-state index contributed by atoms with van der Waals surface area (Å²) in [5, 5.41) is 6.80. The molecule has 0 saturated heterocycles. The third kappa shape index (κ3) is 6.93. The first kappa shape index (κ1) is 18.9. The van der Waals surface area contributed by atoms with Crippen molar-refractivity contribution in [3.63, 3.8) is 0 Å². The van der Waals surface area contributed by atoms with Gasteiger partial charge in [-0.15, -0.1) is 0 Å². The lowest BCUT2D eigenvalue weighted by Crippen LogP contribution is -2.33. The van der Waals surface area contributed by atoms with Gasteiger partial charge in [0.25, 0.3) is 5.91 Å². The monoisotopic (exact) mass is 357 g/mol. The van der Waals surface area contributed by atoms with Gasteiger partial charge < -0.3 is 10.1 Å². The van der Waals surface area contributed by atoms with E-state index in [9.17, 15) is 9.59 Å². The van der Waals surface area contributed by atoms with Crippen molar-refractivity contribution in [1.29, 1.82) is 0 Å². The van der Waals surface area contributed by atoms with E-state index >= 15 is 0 Å². The predicted molar refractivity (Wildman–Crippen MR) is 101 cm³/mol. The Balaban J connectivity index is 1.85. The number of carbonyl (C=O) groups excluding carboxylic acids is 2. The number of esters is 1. The van der Waals surface area contributed by atoms with E-state index in [-0.39, 0.29) is 18.6 Å². The zero-order valence-corrected chi connectivity index (χ0v) is 15.3. The molecule has 1 atom stereocenters. The van der Waals surface area contributed by atoms with Gasteiger partial charge in [-0.05, 0) is 46.4 Å². The first-order valence-electron chi connectivity index (χ1n) is 8.26. The quantitative estimate of drug-likeness (QED) is 0.569. The molecular weight excluding hydrogens is 334 g/mol. The van der Waals surface area contributed by atoms with Crippen LogP contribution in [-0.2, 0) is 14.3 Å². The number of thiophene rings is 1. The summed E-state index contributed by atoms with van der Waals surface area (Å²) >= 11 is 1.55. The van der Waals surface area contributed by atoms with Crippen LogP contribution in [-0.4, -0.2) is 18.5 Å². The fraction of sp³-hybridized carbons (Fsp3) is 0.300. The molecule has 2 rings (SSSR count). The Kier molecular flexibility index (Phi) is 7.41. The zero-order valence-electron chi connectivity index (χ0n) is 14.5. The van der Waals surface area contributed by atoms with E-state index < -0.39 is 5.97 Å². The van der Waals surface area contributed by atoms with Crippen molar-refractivity contribution < 1.29 is 14.3 Å². The second-order valence-corrected chi connectivity index (χ2v) is 6.94. The van der Waals surface area contributed by atoms with Crippen LogP contribution in [0.5, 0.6) is 0 Å². The molecule has 1 aromatic carbocycles. The summed E-state index contributed by atoms with van der Waals surface area (Å²) in [6.07, 6.45) is 3.82. The average molecular weight is 357 g/mol. The number of hydrogen-bond donors (Lipinski definition) is 1. The van der Waals surface area contributed by atoms with Crippen LogP contribution in [0, 0.1) is 5.92 Å². The Labute approximate surface area is 152 Å². The van der Waals surface area contributed by atoms with Crippen LogP contribution < -0.4 is 5.32 Å². The maximum atomic E-state index is 12.1. The largest absolute Gasteiger partial charge is 0.452 e. The van der Waals surface area contributed by atoms with Crippen LogP contribution in [0.1, 0.15) is 37.4 Å². The van der Waals surface area contributed by atoms with E-state index in [0.29, 0.717) is 5.92 Å². The van der Waals surface area contributed by atoms with E-state index in [2.05, 4.69) is 19.2 Å². The fourth-order valence-electron chi connectivity index (χ4n) is 2.39. The lowest BCUT2D eigenvalue weighted by molar-refractivity contribution is -0.144. The van der Waals surface area contributed by atoms with Crippen molar-refractivity contribution >= 4 is 29.3 Å². The molecule has 0 aliphatic rings. The lowest BCUT2D eigenvalue weighted by atomic mass is 9.97. The topological polar surface area (TPSA) is 55.4 Å². The molecule has 132 valence electrons. The summed E-state index contributed by atoms with van der Waals surface area (Å²) in [5.74, 6) is -0.394. The summed E-state index contributed by atoms with van der Waals surface area (Å²) in [7, 11) is 0. The number of hydrogen-bond acceptors (Lipinski definition) is 4. The van der Waals surface area contributed by atoms with E-state index in [1.807, 2.05) is 47.2 Å². The second-order valence-electron chi connectivity index (χ2n) is 6.16. The highest BCUT2D eigenvalue weighted by atomic mass is 32.1. The first-order chi connectivity index (χ1) is 12.0. The Bertz CT molecular complexity index is 693. The van der Waals surface area contributed by atoms with Crippen molar-refractivity contribution in [1.82, 2.24) is 5.32 Å². The van der Waals surface area contributed by atoms with Crippen LogP contribution in [0.15, 0.2) is 53.2 Å². The molecule has 1 heterocycles. The number of benzene rings is 1. The van der Waals surface area contributed by atoms with Gasteiger partial charge in [0.05, 0.1) is 6.04 Å². The normalized spacial score (nSPS) is 12.3. The molecule has 4 nitrogen and oxygen atoms in total. The molecule has 0 saturated carbocycles. The SMILES string of the molecule is CC(C)C[C@@H](NC(=O)COC(=O)/C=C/c1ccsc1)c1ccccc1. The maximum Gasteiger partial charge on any atom is 0.331 e. The minimum Gasteiger partial charge on any atom is -0.452 e. The molecule has 0 unspecified atom stereocenters. The van der Waals surface area contributed by atoms with Gasteiger partial charge in [0.15, 0.2) is 6.61 Å². The molecule has 2 aromatic rings. The van der Waals surface area contributed by atoms with Gasteiger partial charge in [-0.25, -0.2) is 4.79 Å². The van der Waals surface area contributed by atoms with E-state index in [1.165, 1.54) is 6.08 Å². The highest BCUT2D eigenvalue weighted by Crippen LogP contribution is 2.20. The standard InChI is InChI=1S/C20H23NO3S/c1-15(2)12-18(17-6-4-3-5-7-17)21-19(22)13-24-20(23)9-8-16-10-11-25-14-16/h3-11,14-15,18H,12-13H2,1-2H3,(H,21,22)/b9-8+/t18-/m1/s1. The maximum absolute atomic E-state index is 12.1. The minimum atomic E-state index is -0.526. The summed E-state index contributed by atoms with van der Waals surface area (Å²) in [6.45, 7) is 3.93. The Morgan fingerprint density at radius 2 is 1.96 bits per heavy atom. The Hall–Kier alpha value is -2.40. The highest BCUT2D eigenvalue weighted by molar-refractivity contribution is 7.08. The first-order valence-corrected chi connectivity index (χ1v) is 9.20. The van der Waals surface area contributed by atoms with Crippen LogP contribution in [0.3, 0.4) is 0 Å². The van der Waals surface area contributed by atoms with E-state index in [0.717, 1.165) is 17.5 Å². The molecule has 0 aliphatic heterocycles. The molecule has 0 aliphatic carbocycles. The van der Waals surface area contributed by atoms with Crippen molar-refractivity contribution in [3.8, 4) is 0 Å². The number of rotatable bonds is 8. The third-order valence-electron chi connectivity index (χ3n) is 3.54. The molecule has 0 bridgehead atoms. The highest BCUT2D eigenvalue weighted by Gasteiger charge is 2.16. The molecule has 0 spiro atoms. The molecule has 1 N–H and O–H groups in total. The summed E-state index contributed by atoms with van der Waals surface area (Å²) < 4.78 is 5.01. The van der Waals surface area contributed by atoms with Crippen LogP contribution >= 0.6 is 11.3 Å². The molecule has 5 heteroatoms. The summed E-state index contributed by atoms with van der Waals surface area (Å²) in [5.41, 5.74) is 1.99. The van der Waals surface area contributed by atoms with Crippen molar-refractivity contribution in [2.45, 2.75) is 26.3 Å². The summed E-state index contributed by atoms with van der Waals surface area (Å²) in [4.78, 5) is 23.8. The smallest absolute Gasteiger partial charge is 0.331 e. The molecule has 0 radical (unpaired) electrons. The van der Waals surface area contributed by atoms with Gasteiger partial charge in [-0.1, -0.05) is 44.2 Å². The van der Waals surface area contributed by atoms with Gasteiger partial charge in [0.2, 0.25) is 0 Å². The molecule has 0 fully saturated rings. The van der Waals surface area contributed by atoms with Gasteiger partial charge in [-0.3, -0.25) is 4.79 Å². The zero-order chi connectivity index (χ0) is 18.1. The average Bonchev–Trinajstić information content (AvgIpc) is 3.11. The van der Waals surface area contributed by atoms with E-state index in [4.69, 9.17) is 4.74 Å². The van der Waals surface area contributed by atoms with Gasteiger partial charge >= 0.3 is 5.97 Å². The van der Waals surface area contributed by atoms with Gasteiger partial charge in [0.1, 0.15) is 0 Å². The van der Waals surface area contributed by atoms with Gasteiger partial charge in [-0.2, -0.15) is 11.3 Å². The van der Waals surface area contributed by atoms with Crippen LogP contribution in [0.2, 0.25) is 0 Å². The van der Waals surface area contributed by atoms with Crippen molar-refractivity contribution in [2.75, 3.05) is 6.61 Å². The fourth-order valence-corrected chi connectivity index (χ4v) is 3.02. The van der Waals surface area contributed by atoms with Crippen LogP contribution in [0.4, 0.5) is 0 Å². The molecule has 1 aromatic heterocycles. The number of nitrogens with one attached hydrogen (secondary N) is 1. The van der Waals surface area contributed by atoms with Gasteiger partial charge in [0, 0.05) is 6.08 Å². The number of ether oxygens (including phenoxy) is 1.